The van der Waals surface area contributed by atoms with E-state index in [0.29, 0.717) is 13.3 Å². The molecule has 0 aliphatic heterocycles. The van der Waals surface area contributed by atoms with Crippen LogP contribution in [0.4, 0.5) is 0 Å². The summed E-state index contributed by atoms with van der Waals surface area (Å²) in [4.78, 5) is 2.07. The lowest BCUT2D eigenvalue weighted by atomic mass is 10.5. The van der Waals surface area contributed by atoms with Crippen LogP contribution in [0.3, 0.4) is 0 Å². The minimum atomic E-state index is 0.218. The van der Waals surface area contributed by atoms with E-state index in [0.717, 1.165) is 13.0 Å². The second-order valence-corrected chi connectivity index (χ2v) is 2.29. The fourth-order valence-corrected chi connectivity index (χ4v) is 0.478. The van der Waals surface area contributed by atoms with Crippen molar-refractivity contribution in [3.05, 3.63) is 0 Å². The van der Waals surface area contributed by atoms with Gasteiger partial charge in [0.2, 0.25) is 0 Å². The van der Waals surface area contributed by atoms with Gasteiger partial charge in [0.25, 0.3) is 0 Å². The topological polar surface area (TPSA) is 32.7 Å². The lowest BCUT2D eigenvalue weighted by Crippen LogP contribution is -2.21. The van der Waals surface area contributed by atoms with Gasteiger partial charge in [-0.2, -0.15) is 0 Å². The van der Waals surface area contributed by atoms with E-state index in [1.54, 1.807) is 0 Å². The second kappa shape index (κ2) is 6.99. The maximum atomic E-state index is 8.40. The van der Waals surface area contributed by atoms with Crippen molar-refractivity contribution >= 4 is 0 Å². The first-order chi connectivity index (χ1) is 4.81. The summed E-state index contributed by atoms with van der Waals surface area (Å²) in [6.07, 6.45) is 0.734. The summed E-state index contributed by atoms with van der Waals surface area (Å²) in [7, 11) is 2.00. The van der Waals surface area contributed by atoms with Crippen molar-refractivity contribution in [2.75, 3.05) is 33.5 Å². The highest BCUT2D eigenvalue weighted by Crippen LogP contribution is 1.84. The van der Waals surface area contributed by atoms with Crippen LogP contribution in [0.25, 0.3) is 0 Å². The Balaban J connectivity index is 2.89. The van der Waals surface area contributed by atoms with Crippen LogP contribution in [0, 0.1) is 0 Å². The summed E-state index contributed by atoms with van der Waals surface area (Å²) in [5.41, 5.74) is 0. The molecule has 0 radical (unpaired) electrons. The first-order valence-electron chi connectivity index (χ1n) is 3.68. The smallest absolute Gasteiger partial charge is 0.0987 e. The molecule has 0 aliphatic rings. The Kier molecular flexibility index (Phi) is 6.91. The Morgan fingerprint density at radius 1 is 1.50 bits per heavy atom. The molecule has 10 heavy (non-hydrogen) atoms. The molecule has 0 atom stereocenters. The van der Waals surface area contributed by atoms with Crippen LogP contribution < -0.4 is 0 Å². The molecule has 0 aromatic rings. The van der Waals surface area contributed by atoms with E-state index in [4.69, 9.17) is 9.84 Å². The van der Waals surface area contributed by atoms with Gasteiger partial charge in [0.1, 0.15) is 0 Å². The molecule has 0 aromatic heterocycles. The van der Waals surface area contributed by atoms with Crippen LogP contribution in [0.5, 0.6) is 0 Å². The Morgan fingerprint density at radius 2 is 2.20 bits per heavy atom. The molecular weight excluding hydrogens is 130 g/mol. The van der Waals surface area contributed by atoms with Gasteiger partial charge < -0.3 is 9.84 Å². The number of aliphatic hydroxyl groups excluding tert-OH is 1. The number of rotatable bonds is 6. The first-order valence-corrected chi connectivity index (χ1v) is 3.68. The van der Waals surface area contributed by atoms with Crippen molar-refractivity contribution in [1.29, 1.82) is 0 Å². The molecule has 0 heterocycles. The van der Waals surface area contributed by atoms with E-state index in [2.05, 4.69) is 11.8 Å². The van der Waals surface area contributed by atoms with Crippen molar-refractivity contribution < 1.29 is 9.84 Å². The van der Waals surface area contributed by atoms with E-state index in [-0.39, 0.29) is 6.61 Å². The van der Waals surface area contributed by atoms with Crippen molar-refractivity contribution in [2.24, 2.45) is 0 Å². The van der Waals surface area contributed by atoms with Gasteiger partial charge >= 0.3 is 0 Å². The zero-order chi connectivity index (χ0) is 7.82. The highest BCUT2D eigenvalue weighted by Gasteiger charge is 1.91. The van der Waals surface area contributed by atoms with Crippen molar-refractivity contribution in [3.63, 3.8) is 0 Å². The molecule has 0 saturated carbocycles. The summed E-state index contributed by atoms with van der Waals surface area (Å²) in [5.74, 6) is 0. The van der Waals surface area contributed by atoms with E-state index in [9.17, 15) is 0 Å². The lowest BCUT2D eigenvalue weighted by molar-refractivity contribution is 0.0383. The number of hydrogen-bond acceptors (Lipinski definition) is 3. The van der Waals surface area contributed by atoms with Crippen molar-refractivity contribution in [3.8, 4) is 0 Å². The van der Waals surface area contributed by atoms with Crippen LogP contribution in [0.1, 0.15) is 13.3 Å². The molecule has 3 heteroatoms. The summed E-state index contributed by atoms with van der Waals surface area (Å²) < 4.78 is 5.19. The van der Waals surface area contributed by atoms with Crippen LogP contribution in [0.2, 0.25) is 0 Å². The third kappa shape index (κ3) is 6.01. The van der Waals surface area contributed by atoms with Gasteiger partial charge in [-0.15, -0.1) is 0 Å². The highest BCUT2D eigenvalue weighted by atomic mass is 16.5. The average Bonchev–Trinajstić information content (AvgIpc) is 1.98. The number of ether oxygens (including phenoxy) is 1. The standard InChI is InChI=1S/C7H17NO2/c1-3-8(2)7-10-6-4-5-9/h9H,3-7H2,1-2H3. The molecule has 0 aliphatic carbocycles. The minimum Gasteiger partial charge on any atom is -0.396 e. The molecule has 0 bridgehead atoms. The fraction of sp³-hybridized carbons (Fsp3) is 1.00. The molecule has 0 spiro atoms. The van der Waals surface area contributed by atoms with Gasteiger partial charge in [0.05, 0.1) is 13.3 Å². The number of aliphatic hydroxyl groups is 1. The molecule has 0 aromatic carbocycles. The van der Waals surface area contributed by atoms with E-state index in [1.807, 2.05) is 7.05 Å². The molecule has 0 amide bonds. The van der Waals surface area contributed by atoms with Crippen LogP contribution in [-0.2, 0) is 4.74 Å². The molecular formula is C7H17NO2. The van der Waals surface area contributed by atoms with Gasteiger partial charge in [0, 0.05) is 6.61 Å². The third-order valence-corrected chi connectivity index (χ3v) is 1.30. The van der Waals surface area contributed by atoms with Gasteiger partial charge in [-0.25, -0.2) is 0 Å². The first kappa shape index (κ1) is 9.88. The Bertz CT molecular complexity index is 68.6. The van der Waals surface area contributed by atoms with Crippen LogP contribution in [-0.4, -0.2) is 43.5 Å². The molecule has 0 fully saturated rings. The van der Waals surface area contributed by atoms with E-state index < -0.39 is 0 Å². The maximum absolute atomic E-state index is 8.40. The van der Waals surface area contributed by atoms with E-state index in [1.165, 1.54) is 0 Å². The Labute approximate surface area is 62.6 Å². The summed E-state index contributed by atoms with van der Waals surface area (Å²) in [6, 6.07) is 0. The summed E-state index contributed by atoms with van der Waals surface area (Å²) >= 11 is 0. The predicted molar refractivity (Wildman–Crippen MR) is 40.8 cm³/mol. The summed E-state index contributed by atoms with van der Waals surface area (Å²) in [5, 5.41) is 8.40. The largest absolute Gasteiger partial charge is 0.396 e. The zero-order valence-electron chi connectivity index (χ0n) is 6.84. The molecule has 0 unspecified atom stereocenters. The van der Waals surface area contributed by atoms with Gasteiger partial charge in [-0.05, 0) is 20.0 Å². The van der Waals surface area contributed by atoms with Crippen LogP contribution >= 0.6 is 0 Å². The van der Waals surface area contributed by atoms with Gasteiger partial charge in [0.15, 0.2) is 0 Å². The average molecular weight is 147 g/mol. The minimum absolute atomic E-state index is 0.218. The normalized spacial score (nSPS) is 10.8. The van der Waals surface area contributed by atoms with E-state index >= 15 is 0 Å². The van der Waals surface area contributed by atoms with Gasteiger partial charge in [-0.1, -0.05) is 6.92 Å². The molecule has 62 valence electrons. The van der Waals surface area contributed by atoms with Crippen molar-refractivity contribution in [1.82, 2.24) is 4.90 Å². The molecule has 3 nitrogen and oxygen atoms in total. The lowest BCUT2D eigenvalue weighted by Gasteiger charge is -2.13. The second-order valence-electron chi connectivity index (χ2n) is 2.29. The fourth-order valence-electron chi connectivity index (χ4n) is 0.478. The summed E-state index contributed by atoms with van der Waals surface area (Å²) in [6.45, 7) is 4.61. The third-order valence-electron chi connectivity index (χ3n) is 1.30. The number of nitrogens with zero attached hydrogens (tertiary/aromatic N) is 1. The SMILES string of the molecule is CCN(C)COCCCO. The number of hydrogen-bond donors (Lipinski definition) is 1. The molecule has 0 rings (SSSR count). The monoisotopic (exact) mass is 147 g/mol. The molecule has 1 N–H and O–H groups in total. The predicted octanol–water partition coefficient (Wildman–Crippen LogP) is 0.295. The Hall–Kier alpha value is -0.120. The highest BCUT2D eigenvalue weighted by molar-refractivity contribution is 4.36. The Morgan fingerprint density at radius 3 is 2.70 bits per heavy atom. The van der Waals surface area contributed by atoms with Gasteiger partial charge in [-0.3, -0.25) is 4.90 Å². The van der Waals surface area contributed by atoms with Crippen LogP contribution in [0.15, 0.2) is 0 Å². The quantitative estimate of drug-likeness (QED) is 0.433. The van der Waals surface area contributed by atoms with Crippen molar-refractivity contribution in [2.45, 2.75) is 13.3 Å². The maximum Gasteiger partial charge on any atom is 0.0987 e. The zero-order valence-corrected chi connectivity index (χ0v) is 6.84. The molecule has 0 saturated heterocycles.